The summed E-state index contributed by atoms with van der Waals surface area (Å²) in [7, 11) is 0. The van der Waals surface area contributed by atoms with E-state index in [1.165, 1.54) is 25.7 Å². The Balaban J connectivity index is 1.70. The van der Waals surface area contributed by atoms with Crippen molar-refractivity contribution >= 4 is 5.97 Å². The Morgan fingerprint density at radius 1 is 1.30 bits per heavy atom. The number of nitrogens with one attached hydrogen (secondary N) is 1. The summed E-state index contributed by atoms with van der Waals surface area (Å²) in [6.07, 6.45) is 8.72. The molecular weight excluding hydrogens is 250 g/mol. The molecule has 3 heteroatoms. The van der Waals surface area contributed by atoms with Crippen LogP contribution >= 0.6 is 0 Å². The zero-order valence-electron chi connectivity index (χ0n) is 13.4. The van der Waals surface area contributed by atoms with E-state index in [2.05, 4.69) is 26.1 Å². The van der Waals surface area contributed by atoms with Gasteiger partial charge in [0.2, 0.25) is 0 Å². The lowest BCUT2D eigenvalue weighted by Gasteiger charge is -2.38. The van der Waals surface area contributed by atoms with Crippen molar-refractivity contribution in [2.45, 2.75) is 84.3 Å². The molecule has 0 aromatic rings. The zero-order valence-corrected chi connectivity index (χ0v) is 13.4. The maximum atomic E-state index is 12.0. The first kappa shape index (κ1) is 15.8. The minimum Gasteiger partial charge on any atom is -0.462 e. The molecule has 1 saturated carbocycles. The highest BCUT2D eigenvalue weighted by molar-refractivity contribution is 5.69. The molecule has 1 N–H and O–H groups in total. The SMILES string of the molecule is CC1CC(OC(=O)CCC2CCCCN2)CC(C)(C)C1. The number of ether oxygens (including phenoxy) is 1. The number of piperidine rings is 1. The Morgan fingerprint density at radius 3 is 2.75 bits per heavy atom. The molecule has 0 amide bonds. The first-order valence-electron chi connectivity index (χ1n) is 8.37. The van der Waals surface area contributed by atoms with Crippen LogP contribution in [0.1, 0.15) is 72.1 Å². The Labute approximate surface area is 123 Å². The van der Waals surface area contributed by atoms with Crippen molar-refractivity contribution in [3.63, 3.8) is 0 Å². The van der Waals surface area contributed by atoms with Crippen LogP contribution in [0.4, 0.5) is 0 Å². The highest BCUT2D eigenvalue weighted by Gasteiger charge is 2.33. The van der Waals surface area contributed by atoms with Gasteiger partial charge >= 0.3 is 5.97 Å². The molecule has 1 aliphatic heterocycles. The summed E-state index contributed by atoms with van der Waals surface area (Å²) in [4.78, 5) is 12.0. The normalized spacial score (nSPS) is 33.6. The molecule has 1 saturated heterocycles. The second-order valence-electron chi connectivity index (χ2n) is 7.71. The van der Waals surface area contributed by atoms with Gasteiger partial charge in [0.05, 0.1) is 0 Å². The molecule has 3 nitrogen and oxygen atoms in total. The van der Waals surface area contributed by atoms with Gasteiger partial charge in [0.1, 0.15) is 6.10 Å². The molecule has 2 fully saturated rings. The topological polar surface area (TPSA) is 38.3 Å². The Morgan fingerprint density at radius 2 is 2.10 bits per heavy atom. The molecule has 116 valence electrons. The van der Waals surface area contributed by atoms with E-state index in [1.54, 1.807) is 0 Å². The Bertz CT molecular complexity index is 321. The number of hydrogen-bond acceptors (Lipinski definition) is 3. The van der Waals surface area contributed by atoms with Crippen LogP contribution in [0.5, 0.6) is 0 Å². The predicted molar refractivity (Wildman–Crippen MR) is 81.6 cm³/mol. The summed E-state index contributed by atoms with van der Waals surface area (Å²) < 4.78 is 5.72. The molecule has 0 aromatic heterocycles. The van der Waals surface area contributed by atoms with Gasteiger partial charge in [-0.1, -0.05) is 27.2 Å². The van der Waals surface area contributed by atoms with Gasteiger partial charge in [0, 0.05) is 12.5 Å². The third kappa shape index (κ3) is 5.08. The maximum absolute atomic E-state index is 12.0. The van der Waals surface area contributed by atoms with E-state index >= 15 is 0 Å². The van der Waals surface area contributed by atoms with Gasteiger partial charge in [-0.2, -0.15) is 0 Å². The van der Waals surface area contributed by atoms with Crippen molar-refractivity contribution in [2.75, 3.05) is 6.54 Å². The van der Waals surface area contributed by atoms with Gasteiger partial charge in [0.15, 0.2) is 0 Å². The van der Waals surface area contributed by atoms with E-state index in [0.717, 1.165) is 25.8 Å². The lowest BCUT2D eigenvalue weighted by molar-refractivity contribution is -0.153. The summed E-state index contributed by atoms with van der Waals surface area (Å²) in [5.41, 5.74) is 0.313. The van der Waals surface area contributed by atoms with E-state index in [0.29, 0.717) is 23.8 Å². The minimum atomic E-state index is 0.00673. The molecule has 1 heterocycles. The van der Waals surface area contributed by atoms with Gasteiger partial charge in [-0.15, -0.1) is 0 Å². The van der Waals surface area contributed by atoms with Crippen LogP contribution < -0.4 is 5.32 Å². The van der Waals surface area contributed by atoms with Gasteiger partial charge in [-0.05, 0) is 56.4 Å². The number of hydrogen-bond donors (Lipinski definition) is 1. The maximum Gasteiger partial charge on any atom is 0.306 e. The molecule has 0 bridgehead atoms. The number of carbonyl (C=O) groups excluding carboxylic acids is 1. The largest absolute Gasteiger partial charge is 0.462 e. The van der Waals surface area contributed by atoms with Gasteiger partial charge < -0.3 is 10.1 Å². The monoisotopic (exact) mass is 281 g/mol. The molecule has 3 atom stereocenters. The molecule has 0 aromatic carbocycles. The highest BCUT2D eigenvalue weighted by Crippen LogP contribution is 2.39. The smallest absolute Gasteiger partial charge is 0.306 e. The van der Waals surface area contributed by atoms with E-state index in [1.807, 2.05) is 0 Å². The lowest BCUT2D eigenvalue weighted by atomic mass is 9.71. The first-order chi connectivity index (χ1) is 9.44. The van der Waals surface area contributed by atoms with Crippen LogP contribution in [0.15, 0.2) is 0 Å². The predicted octanol–water partition coefficient (Wildman–Crippen LogP) is 3.67. The molecule has 0 radical (unpaired) electrons. The molecule has 20 heavy (non-hydrogen) atoms. The standard InChI is InChI=1S/C17H31NO2/c1-13-10-15(12-17(2,3)11-13)20-16(19)8-7-14-6-4-5-9-18-14/h13-15,18H,4-12H2,1-3H3. The second kappa shape index (κ2) is 6.93. The highest BCUT2D eigenvalue weighted by atomic mass is 16.5. The van der Waals surface area contributed by atoms with Crippen LogP contribution in [-0.2, 0) is 9.53 Å². The van der Waals surface area contributed by atoms with Crippen LogP contribution in [-0.4, -0.2) is 24.7 Å². The summed E-state index contributed by atoms with van der Waals surface area (Å²) in [6, 6.07) is 0.526. The number of esters is 1. The van der Waals surface area contributed by atoms with E-state index in [4.69, 9.17) is 4.74 Å². The first-order valence-corrected chi connectivity index (χ1v) is 8.37. The minimum absolute atomic E-state index is 0.00673. The Hall–Kier alpha value is -0.570. The molecule has 2 aliphatic rings. The van der Waals surface area contributed by atoms with Crippen LogP contribution in [0.3, 0.4) is 0 Å². The lowest BCUT2D eigenvalue weighted by Crippen LogP contribution is -2.36. The average molecular weight is 281 g/mol. The van der Waals surface area contributed by atoms with Crippen molar-refractivity contribution in [1.29, 1.82) is 0 Å². The van der Waals surface area contributed by atoms with E-state index in [-0.39, 0.29) is 12.1 Å². The van der Waals surface area contributed by atoms with Gasteiger partial charge in [-0.3, -0.25) is 4.79 Å². The molecule has 0 spiro atoms. The number of carbonyl (C=O) groups is 1. The third-order valence-electron chi connectivity index (χ3n) is 4.75. The fraction of sp³-hybridized carbons (Fsp3) is 0.941. The fourth-order valence-corrected chi connectivity index (χ4v) is 4.06. The van der Waals surface area contributed by atoms with Crippen molar-refractivity contribution in [3.05, 3.63) is 0 Å². The molecule has 2 rings (SSSR count). The van der Waals surface area contributed by atoms with Crippen molar-refractivity contribution in [1.82, 2.24) is 5.32 Å². The fourth-order valence-electron chi connectivity index (χ4n) is 4.06. The van der Waals surface area contributed by atoms with Crippen LogP contribution in [0.25, 0.3) is 0 Å². The van der Waals surface area contributed by atoms with Crippen LogP contribution in [0, 0.1) is 11.3 Å². The van der Waals surface area contributed by atoms with Crippen molar-refractivity contribution in [2.24, 2.45) is 11.3 Å². The van der Waals surface area contributed by atoms with E-state index < -0.39 is 0 Å². The molecular formula is C17H31NO2. The summed E-state index contributed by atoms with van der Waals surface area (Å²) in [5.74, 6) is 0.670. The summed E-state index contributed by atoms with van der Waals surface area (Å²) in [5, 5.41) is 3.49. The van der Waals surface area contributed by atoms with E-state index in [9.17, 15) is 4.79 Å². The van der Waals surface area contributed by atoms with Crippen molar-refractivity contribution < 1.29 is 9.53 Å². The molecule has 3 unspecified atom stereocenters. The van der Waals surface area contributed by atoms with Gasteiger partial charge in [-0.25, -0.2) is 0 Å². The average Bonchev–Trinajstić information content (AvgIpc) is 2.35. The van der Waals surface area contributed by atoms with Gasteiger partial charge in [0.25, 0.3) is 0 Å². The molecule has 1 aliphatic carbocycles. The third-order valence-corrected chi connectivity index (χ3v) is 4.75. The quantitative estimate of drug-likeness (QED) is 0.799. The Kier molecular flexibility index (Phi) is 5.48. The summed E-state index contributed by atoms with van der Waals surface area (Å²) in [6.45, 7) is 7.95. The second-order valence-corrected chi connectivity index (χ2v) is 7.71. The van der Waals surface area contributed by atoms with Crippen molar-refractivity contribution in [3.8, 4) is 0 Å². The number of rotatable bonds is 4. The summed E-state index contributed by atoms with van der Waals surface area (Å²) >= 11 is 0. The zero-order chi connectivity index (χ0) is 14.6. The van der Waals surface area contributed by atoms with Crippen LogP contribution in [0.2, 0.25) is 0 Å².